The highest BCUT2D eigenvalue weighted by atomic mass is 16.5. The quantitative estimate of drug-likeness (QED) is 0.612. The molecule has 178 valence electrons. The molecule has 2 atom stereocenters. The number of likely N-dealkylation sites (tertiary alicyclic amines) is 1. The van der Waals surface area contributed by atoms with Crippen LogP contribution >= 0.6 is 0 Å². The Hall–Kier alpha value is -2.73. The van der Waals surface area contributed by atoms with Crippen molar-refractivity contribution in [2.75, 3.05) is 33.9 Å². The number of carbonyl (C=O) groups excluding carboxylic acids is 1. The standard InChI is InChI=1S/C27H36N2O4/c1-27(18-28-16-20-9-5-4-6-10-20)19-29(26(30)32-3)17-23(27)21-13-14-24(31-2)25(15-21)33-22-11-7-8-12-22/h4-6,9-10,13-15,22-23,28H,7-8,11-12,16-19H2,1-3H3/t23-,27+/m0/s1. The zero-order valence-corrected chi connectivity index (χ0v) is 20.0. The van der Waals surface area contributed by atoms with Gasteiger partial charge in [-0.25, -0.2) is 4.79 Å². The van der Waals surface area contributed by atoms with Crippen LogP contribution in [0.4, 0.5) is 4.79 Å². The van der Waals surface area contributed by atoms with Crippen LogP contribution in [0.25, 0.3) is 0 Å². The van der Waals surface area contributed by atoms with Crippen LogP contribution in [0.2, 0.25) is 0 Å². The van der Waals surface area contributed by atoms with Crippen molar-refractivity contribution >= 4 is 6.09 Å². The van der Waals surface area contributed by atoms with Crippen LogP contribution in [0.3, 0.4) is 0 Å². The Kier molecular flexibility index (Phi) is 7.43. The summed E-state index contributed by atoms with van der Waals surface area (Å²) in [6, 6.07) is 16.6. The molecule has 1 aliphatic carbocycles. The number of ether oxygens (including phenoxy) is 3. The van der Waals surface area contributed by atoms with Gasteiger partial charge in [0.1, 0.15) is 0 Å². The summed E-state index contributed by atoms with van der Waals surface area (Å²) >= 11 is 0. The summed E-state index contributed by atoms with van der Waals surface area (Å²) in [7, 11) is 3.13. The summed E-state index contributed by atoms with van der Waals surface area (Å²) in [6.07, 6.45) is 4.59. The van der Waals surface area contributed by atoms with Gasteiger partial charge < -0.3 is 24.4 Å². The van der Waals surface area contributed by atoms with Crippen molar-refractivity contribution in [1.29, 1.82) is 0 Å². The first-order valence-corrected chi connectivity index (χ1v) is 11.9. The molecule has 1 heterocycles. The smallest absolute Gasteiger partial charge is 0.409 e. The van der Waals surface area contributed by atoms with Crippen molar-refractivity contribution in [3.05, 3.63) is 59.7 Å². The lowest BCUT2D eigenvalue weighted by Gasteiger charge is -2.31. The third-order valence-electron chi connectivity index (χ3n) is 7.12. The van der Waals surface area contributed by atoms with Gasteiger partial charge >= 0.3 is 6.09 Å². The van der Waals surface area contributed by atoms with E-state index in [0.717, 1.165) is 37.4 Å². The van der Waals surface area contributed by atoms with Gasteiger partial charge in [-0.15, -0.1) is 0 Å². The van der Waals surface area contributed by atoms with E-state index in [0.29, 0.717) is 13.1 Å². The number of nitrogens with zero attached hydrogens (tertiary/aromatic N) is 1. The lowest BCUT2D eigenvalue weighted by atomic mass is 9.76. The molecule has 0 aromatic heterocycles. The van der Waals surface area contributed by atoms with Crippen LogP contribution in [0.1, 0.15) is 49.7 Å². The third kappa shape index (κ3) is 5.44. The molecule has 4 rings (SSSR count). The van der Waals surface area contributed by atoms with Crippen LogP contribution in [0.5, 0.6) is 11.5 Å². The Balaban J connectivity index is 1.55. The molecule has 6 heteroatoms. The van der Waals surface area contributed by atoms with E-state index in [1.165, 1.54) is 31.1 Å². The van der Waals surface area contributed by atoms with Gasteiger partial charge in [0.2, 0.25) is 0 Å². The fraction of sp³-hybridized carbons (Fsp3) is 0.519. The van der Waals surface area contributed by atoms with Gasteiger partial charge in [-0.05, 0) is 48.9 Å². The SMILES string of the molecule is COC(=O)N1C[C@@H](c2ccc(OC)c(OC3CCCC3)c2)[C@](C)(CNCc2ccccc2)C1. The molecule has 0 bridgehead atoms. The topological polar surface area (TPSA) is 60.0 Å². The number of methoxy groups -OCH3 is 2. The first kappa shape index (κ1) is 23.4. The van der Waals surface area contributed by atoms with E-state index in [1.54, 1.807) is 7.11 Å². The molecule has 1 amide bonds. The average molecular weight is 453 g/mol. The van der Waals surface area contributed by atoms with E-state index in [-0.39, 0.29) is 23.5 Å². The number of amides is 1. The molecule has 1 saturated carbocycles. The molecule has 2 aromatic rings. The molecule has 0 radical (unpaired) electrons. The molecular weight excluding hydrogens is 416 g/mol. The summed E-state index contributed by atoms with van der Waals surface area (Å²) in [5.41, 5.74) is 2.26. The average Bonchev–Trinajstić information content (AvgIpc) is 3.47. The van der Waals surface area contributed by atoms with Crippen molar-refractivity contribution in [2.45, 2.75) is 51.2 Å². The predicted octanol–water partition coefficient (Wildman–Crippen LogP) is 4.98. The molecule has 2 aromatic carbocycles. The van der Waals surface area contributed by atoms with Crippen LogP contribution in [0, 0.1) is 5.41 Å². The van der Waals surface area contributed by atoms with E-state index < -0.39 is 0 Å². The number of carbonyl (C=O) groups is 1. The second kappa shape index (κ2) is 10.5. The molecule has 0 spiro atoms. The maximum Gasteiger partial charge on any atom is 0.409 e. The normalized spacial score (nSPS) is 23.0. The monoisotopic (exact) mass is 452 g/mol. The minimum Gasteiger partial charge on any atom is -0.493 e. The second-order valence-electron chi connectivity index (χ2n) is 9.58. The van der Waals surface area contributed by atoms with Crippen molar-refractivity contribution in [2.24, 2.45) is 5.41 Å². The summed E-state index contributed by atoms with van der Waals surface area (Å²) in [5.74, 6) is 1.71. The first-order valence-electron chi connectivity index (χ1n) is 11.9. The van der Waals surface area contributed by atoms with Crippen molar-refractivity contribution in [3.63, 3.8) is 0 Å². The lowest BCUT2D eigenvalue weighted by molar-refractivity contribution is 0.128. The number of hydrogen-bond acceptors (Lipinski definition) is 5. The Morgan fingerprint density at radius 2 is 1.85 bits per heavy atom. The van der Waals surface area contributed by atoms with Gasteiger partial charge in [0.15, 0.2) is 11.5 Å². The highest BCUT2D eigenvalue weighted by molar-refractivity contribution is 5.68. The molecule has 1 N–H and O–H groups in total. The number of rotatable bonds is 8. The van der Waals surface area contributed by atoms with E-state index in [1.807, 2.05) is 17.0 Å². The molecule has 1 aliphatic heterocycles. The Morgan fingerprint density at radius 1 is 1.09 bits per heavy atom. The molecule has 1 saturated heterocycles. The van der Waals surface area contributed by atoms with Crippen molar-refractivity contribution in [1.82, 2.24) is 10.2 Å². The van der Waals surface area contributed by atoms with Crippen LogP contribution in [-0.2, 0) is 11.3 Å². The van der Waals surface area contributed by atoms with Gasteiger partial charge in [0.05, 0.1) is 20.3 Å². The zero-order chi connectivity index (χ0) is 23.3. The zero-order valence-electron chi connectivity index (χ0n) is 20.0. The number of nitrogens with one attached hydrogen (secondary N) is 1. The summed E-state index contributed by atoms with van der Waals surface area (Å²) in [4.78, 5) is 14.2. The molecule has 2 aliphatic rings. The maximum absolute atomic E-state index is 12.4. The predicted molar refractivity (Wildman–Crippen MR) is 129 cm³/mol. The van der Waals surface area contributed by atoms with E-state index >= 15 is 0 Å². The van der Waals surface area contributed by atoms with E-state index in [9.17, 15) is 4.79 Å². The largest absolute Gasteiger partial charge is 0.493 e. The summed E-state index contributed by atoms with van der Waals surface area (Å²) < 4.78 is 17.0. The second-order valence-corrected chi connectivity index (χ2v) is 9.58. The van der Waals surface area contributed by atoms with Crippen LogP contribution in [0.15, 0.2) is 48.5 Å². The highest BCUT2D eigenvalue weighted by Crippen LogP contribution is 2.45. The molecule has 2 fully saturated rings. The lowest BCUT2D eigenvalue weighted by Crippen LogP contribution is -2.38. The van der Waals surface area contributed by atoms with Gasteiger partial charge in [0, 0.05) is 37.5 Å². The van der Waals surface area contributed by atoms with E-state index in [4.69, 9.17) is 14.2 Å². The van der Waals surface area contributed by atoms with Crippen molar-refractivity contribution in [3.8, 4) is 11.5 Å². The Labute approximate surface area is 197 Å². The van der Waals surface area contributed by atoms with Crippen LogP contribution in [-0.4, -0.2) is 51.0 Å². The van der Waals surface area contributed by atoms with Gasteiger partial charge in [-0.2, -0.15) is 0 Å². The highest BCUT2D eigenvalue weighted by Gasteiger charge is 2.45. The van der Waals surface area contributed by atoms with Gasteiger partial charge in [-0.3, -0.25) is 0 Å². The number of benzene rings is 2. The Morgan fingerprint density at radius 3 is 2.55 bits per heavy atom. The summed E-state index contributed by atoms with van der Waals surface area (Å²) in [6.45, 7) is 5.08. The first-order chi connectivity index (χ1) is 16.0. The van der Waals surface area contributed by atoms with Gasteiger partial charge in [0.25, 0.3) is 0 Å². The third-order valence-corrected chi connectivity index (χ3v) is 7.12. The van der Waals surface area contributed by atoms with Gasteiger partial charge in [-0.1, -0.05) is 43.3 Å². The molecule has 33 heavy (non-hydrogen) atoms. The Bertz CT molecular complexity index is 929. The number of hydrogen-bond donors (Lipinski definition) is 1. The summed E-state index contributed by atoms with van der Waals surface area (Å²) in [5, 5.41) is 3.62. The minimum absolute atomic E-state index is 0.150. The fourth-order valence-electron chi connectivity index (χ4n) is 5.28. The maximum atomic E-state index is 12.4. The molecule has 0 unspecified atom stereocenters. The molecule has 6 nitrogen and oxygen atoms in total. The fourth-order valence-corrected chi connectivity index (χ4v) is 5.28. The minimum atomic E-state index is -0.275. The van der Waals surface area contributed by atoms with Crippen molar-refractivity contribution < 1.29 is 19.0 Å². The molecular formula is C27H36N2O4. The van der Waals surface area contributed by atoms with Crippen LogP contribution < -0.4 is 14.8 Å². The van der Waals surface area contributed by atoms with E-state index in [2.05, 4.69) is 48.6 Å².